The lowest BCUT2D eigenvalue weighted by atomic mass is 10.1. The maximum atomic E-state index is 13.5. The Morgan fingerprint density at radius 2 is 1.94 bits per heavy atom. The molecular formula is C23H37N7O4. The number of unbranched alkanes of at least 4 members (excludes halogenated alkanes) is 4. The molecule has 1 aromatic heterocycles. The molecule has 0 aliphatic carbocycles. The van der Waals surface area contributed by atoms with Gasteiger partial charge in [0.05, 0.1) is 6.33 Å². The van der Waals surface area contributed by atoms with E-state index in [4.69, 9.17) is 5.73 Å². The first-order chi connectivity index (χ1) is 16.5. The van der Waals surface area contributed by atoms with E-state index < -0.39 is 24.0 Å². The van der Waals surface area contributed by atoms with Gasteiger partial charge in [-0.3, -0.25) is 19.2 Å². The van der Waals surface area contributed by atoms with Gasteiger partial charge < -0.3 is 31.6 Å². The first-order valence-electron chi connectivity index (χ1n) is 12.3. The number of rotatable bonds is 13. The molecule has 3 heterocycles. The molecular weight excluding hydrogens is 438 g/mol. The molecule has 11 nitrogen and oxygen atoms in total. The molecule has 4 amide bonds. The molecule has 3 rings (SSSR count). The zero-order valence-electron chi connectivity index (χ0n) is 19.7. The van der Waals surface area contributed by atoms with Gasteiger partial charge in [0.2, 0.25) is 23.6 Å². The van der Waals surface area contributed by atoms with Crippen LogP contribution in [0, 0.1) is 0 Å². The molecule has 34 heavy (non-hydrogen) atoms. The molecule has 6 N–H and O–H groups in total. The number of nitrogens with one attached hydrogen (secondary N) is 4. The zero-order chi connectivity index (χ0) is 24.3. The highest BCUT2D eigenvalue weighted by Gasteiger charge is 2.39. The Hall–Kier alpha value is -2.95. The van der Waals surface area contributed by atoms with E-state index in [1.807, 2.05) is 0 Å². The van der Waals surface area contributed by atoms with Crippen molar-refractivity contribution in [3.8, 4) is 0 Å². The van der Waals surface area contributed by atoms with Gasteiger partial charge in [0, 0.05) is 37.8 Å². The minimum atomic E-state index is -0.860. The quantitative estimate of drug-likeness (QED) is 0.247. The normalized spacial score (nSPS) is 20.7. The van der Waals surface area contributed by atoms with E-state index in [0.29, 0.717) is 44.6 Å². The smallest absolute Gasteiger partial charge is 0.246 e. The Labute approximate surface area is 200 Å². The van der Waals surface area contributed by atoms with Crippen molar-refractivity contribution in [2.75, 3.05) is 19.6 Å². The van der Waals surface area contributed by atoms with Crippen molar-refractivity contribution in [1.29, 1.82) is 0 Å². The van der Waals surface area contributed by atoms with Crippen molar-refractivity contribution in [3.05, 3.63) is 18.2 Å². The molecule has 0 spiro atoms. The van der Waals surface area contributed by atoms with E-state index in [-0.39, 0.29) is 24.1 Å². The maximum absolute atomic E-state index is 13.5. The molecule has 188 valence electrons. The lowest BCUT2D eigenvalue weighted by Gasteiger charge is -2.29. The molecule has 0 aromatic carbocycles. The van der Waals surface area contributed by atoms with E-state index in [0.717, 1.165) is 38.5 Å². The van der Waals surface area contributed by atoms with E-state index in [1.54, 1.807) is 11.1 Å². The Kier molecular flexibility index (Phi) is 9.87. The number of nitrogens with zero attached hydrogens (tertiary/aromatic N) is 2. The van der Waals surface area contributed by atoms with Gasteiger partial charge in [-0.2, -0.15) is 0 Å². The van der Waals surface area contributed by atoms with Crippen LogP contribution in [0.5, 0.6) is 0 Å². The standard InChI is InChI=1S/C23H37N7O4/c24-10-4-2-1-3-5-11-26-22(33)19-7-6-12-30(19)23(34)18(13-16-14-25-15-27-16)29-21(32)17-8-9-20(31)28-17/h14-15,17-19H,1-13,24H2,(H,25,27)(H,26,33)(H,28,31)(H,29,32)/t17-,18-,19-/m0/s1. The maximum Gasteiger partial charge on any atom is 0.246 e. The minimum Gasteiger partial charge on any atom is -0.354 e. The molecule has 0 radical (unpaired) electrons. The van der Waals surface area contributed by atoms with Crippen molar-refractivity contribution in [2.45, 2.75) is 82.3 Å². The zero-order valence-corrected chi connectivity index (χ0v) is 19.7. The summed E-state index contributed by atoms with van der Waals surface area (Å²) in [6, 6.07) is -2.05. The predicted molar refractivity (Wildman–Crippen MR) is 125 cm³/mol. The highest BCUT2D eigenvalue weighted by atomic mass is 16.2. The van der Waals surface area contributed by atoms with Crippen LogP contribution in [0.15, 0.2) is 12.5 Å². The number of amides is 4. The second-order valence-electron chi connectivity index (χ2n) is 9.04. The number of hydrogen-bond acceptors (Lipinski definition) is 6. The van der Waals surface area contributed by atoms with Crippen LogP contribution < -0.4 is 21.7 Å². The number of H-pyrrole nitrogens is 1. The summed E-state index contributed by atoms with van der Waals surface area (Å²) < 4.78 is 0. The molecule has 0 bridgehead atoms. The molecule has 11 heteroatoms. The van der Waals surface area contributed by atoms with Crippen molar-refractivity contribution in [3.63, 3.8) is 0 Å². The highest BCUT2D eigenvalue weighted by Crippen LogP contribution is 2.20. The van der Waals surface area contributed by atoms with Crippen LogP contribution in [-0.4, -0.2) is 76.3 Å². The average molecular weight is 476 g/mol. The average Bonchev–Trinajstić information content (AvgIpc) is 3.59. The number of aromatic nitrogens is 2. The third kappa shape index (κ3) is 7.28. The summed E-state index contributed by atoms with van der Waals surface area (Å²) in [5.41, 5.74) is 6.20. The first kappa shape index (κ1) is 25.7. The summed E-state index contributed by atoms with van der Waals surface area (Å²) in [7, 11) is 0. The Morgan fingerprint density at radius 3 is 2.65 bits per heavy atom. The van der Waals surface area contributed by atoms with Gasteiger partial charge in [-0.05, 0) is 38.6 Å². The third-order valence-corrected chi connectivity index (χ3v) is 6.42. The van der Waals surface area contributed by atoms with Crippen LogP contribution in [0.2, 0.25) is 0 Å². The van der Waals surface area contributed by atoms with E-state index in [2.05, 4.69) is 25.9 Å². The van der Waals surface area contributed by atoms with Crippen molar-refractivity contribution in [1.82, 2.24) is 30.8 Å². The third-order valence-electron chi connectivity index (χ3n) is 6.42. The molecule has 0 saturated carbocycles. The second kappa shape index (κ2) is 13.1. The fourth-order valence-corrected chi connectivity index (χ4v) is 4.53. The number of aromatic amines is 1. The topological polar surface area (TPSA) is 162 Å². The fourth-order valence-electron chi connectivity index (χ4n) is 4.53. The van der Waals surface area contributed by atoms with Crippen LogP contribution in [-0.2, 0) is 25.6 Å². The summed E-state index contributed by atoms with van der Waals surface area (Å²) in [6.07, 6.45) is 10.5. The highest BCUT2D eigenvalue weighted by molar-refractivity contribution is 5.95. The van der Waals surface area contributed by atoms with Crippen LogP contribution in [0.25, 0.3) is 0 Å². The van der Waals surface area contributed by atoms with E-state index in [1.165, 1.54) is 6.33 Å². The van der Waals surface area contributed by atoms with E-state index >= 15 is 0 Å². The van der Waals surface area contributed by atoms with Gasteiger partial charge in [0.1, 0.15) is 18.1 Å². The number of hydrogen-bond donors (Lipinski definition) is 5. The molecule has 2 saturated heterocycles. The van der Waals surface area contributed by atoms with Gasteiger partial charge in [0.25, 0.3) is 0 Å². The second-order valence-corrected chi connectivity index (χ2v) is 9.04. The van der Waals surface area contributed by atoms with Crippen LogP contribution >= 0.6 is 0 Å². The van der Waals surface area contributed by atoms with Gasteiger partial charge in [-0.1, -0.05) is 19.3 Å². The largest absolute Gasteiger partial charge is 0.354 e. The minimum absolute atomic E-state index is 0.150. The first-order valence-corrected chi connectivity index (χ1v) is 12.3. The molecule has 2 fully saturated rings. The van der Waals surface area contributed by atoms with Gasteiger partial charge in [-0.25, -0.2) is 4.98 Å². The molecule has 1 aromatic rings. The molecule has 2 aliphatic heterocycles. The Balaban J connectivity index is 1.57. The fraction of sp³-hybridized carbons (Fsp3) is 0.696. The Morgan fingerprint density at radius 1 is 1.15 bits per heavy atom. The summed E-state index contributed by atoms with van der Waals surface area (Å²) in [5, 5.41) is 8.40. The number of imidazole rings is 1. The summed E-state index contributed by atoms with van der Waals surface area (Å²) in [4.78, 5) is 59.1. The lowest BCUT2D eigenvalue weighted by molar-refractivity contribution is -0.141. The summed E-state index contributed by atoms with van der Waals surface area (Å²) in [5.74, 6) is -1.01. The van der Waals surface area contributed by atoms with Crippen LogP contribution in [0.3, 0.4) is 0 Å². The van der Waals surface area contributed by atoms with Gasteiger partial charge >= 0.3 is 0 Å². The van der Waals surface area contributed by atoms with Crippen molar-refractivity contribution >= 4 is 23.6 Å². The SMILES string of the molecule is NCCCCCCCNC(=O)[C@@H]1CCCN1C(=O)[C@H](Cc1cnc[nH]1)NC(=O)[C@@H]1CCC(=O)N1. The summed E-state index contributed by atoms with van der Waals surface area (Å²) >= 11 is 0. The number of carbonyl (C=O) groups excluding carboxylic acids is 4. The number of carbonyl (C=O) groups is 4. The summed E-state index contributed by atoms with van der Waals surface area (Å²) in [6.45, 7) is 1.75. The monoisotopic (exact) mass is 475 g/mol. The van der Waals surface area contributed by atoms with Gasteiger partial charge in [-0.15, -0.1) is 0 Å². The molecule has 3 atom stereocenters. The Bertz CT molecular complexity index is 829. The number of nitrogens with two attached hydrogens (primary N) is 1. The van der Waals surface area contributed by atoms with E-state index in [9.17, 15) is 19.2 Å². The van der Waals surface area contributed by atoms with Crippen molar-refractivity contribution < 1.29 is 19.2 Å². The molecule has 2 aliphatic rings. The van der Waals surface area contributed by atoms with Crippen LogP contribution in [0.1, 0.15) is 63.5 Å². The van der Waals surface area contributed by atoms with Gasteiger partial charge in [0.15, 0.2) is 0 Å². The number of likely N-dealkylation sites (tertiary alicyclic amines) is 1. The predicted octanol–water partition coefficient (Wildman–Crippen LogP) is -0.268. The lowest BCUT2D eigenvalue weighted by Crippen LogP contribution is -2.56. The van der Waals surface area contributed by atoms with Crippen LogP contribution in [0.4, 0.5) is 0 Å². The molecule has 0 unspecified atom stereocenters. The van der Waals surface area contributed by atoms with Crippen molar-refractivity contribution in [2.24, 2.45) is 5.73 Å².